The maximum atomic E-state index is 12.5. The molecule has 0 saturated carbocycles. The summed E-state index contributed by atoms with van der Waals surface area (Å²) in [6.07, 6.45) is 3.41. The first-order valence-electron chi connectivity index (χ1n) is 10.6. The summed E-state index contributed by atoms with van der Waals surface area (Å²) < 4.78 is 30.9. The van der Waals surface area contributed by atoms with Crippen molar-refractivity contribution < 1.29 is 12.8 Å². The summed E-state index contributed by atoms with van der Waals surface area (Å²) in [5, 5.41) is 0. The van der Waals surface area contributed by atoms with E-state index in [4.69, 9.17) is 4.42 Å². The highest BCUT2D eigenvalue weighted by Gasteiger charge is 2.29. The van der Waals surface area contributed by atoms with Crippen LogP contribution in [0.15, 0.2) is 64.1 Å². The molecule has 162 valence electrons. The molecule has 5 heteroatoms. The minimum absolute atomic E-state index is 0.185. The lowest BCUT2D eigenvalue weighted by Gasteiger charge is -2.20. The van der Waals surface area contributed by atoms with E-state index in [9.17, 15) is 8.42 Å². The average Bonchev–Trinajstić information content (AvgIpc) is 3.38. The van der Waals surface area contributed by atoms with E-state index in [1.165, 1.54) is 15.3 Å². The summed E-state index contributed by atoms with van der Waals surface area (Å²) >= 11 is 1.80. The van der Waals surface area contributed by atoms with Gasteiger partial charge in [-0.15, -0.1) is 11.3 Å². The number of benzene rings is 1. The van der Waals surface area contributed by atoms with E-state index in [0.717, 1.165) is 12.2 Å². The number of sulfone groups is 1. The Balaban J connectivity index is 1.63. The topological polar surface area (TPSA) is 47.3 Å². The molecule has 0 radical (unpaired) electrons. The Morgan fingerprint density at radius 1 is 1.03 bits per heavy atom. The molecule has 3 rings (SSSR count). The fourth-order valence-electron chi connectivity index (χ4n) is 3.47. The third-order valence-electron chi connectivity index (χ3n) is 5.71. The molecule has 2 heterocycles. The van der Waals surface area contributed by atoms with Crippen LogP contribution in [0.4, 0.5) is 0 Å². The van der Waals surface area contributed by atoms with Gasteiger partial charge in [-0.1, -0.05) is 39.0 Å². The molecule has 0 fully saturated rings. The Hall–Kier alpha value is -1.85. The fraction of sp³-hybridized carbons (Fsp3) is 0.440. The Kier molecular flexibility index (Phi) is 6.93. The molecule has 30 heavy (non-hydrogen) atoms. The summed E-state index contributed by atoms with van der Waals surface area (Å²) in [6, 6.07) is 15.3. The molecular weight excluding hydrogens is 412 g/mol. The van der Waals surface area contributed by atoms with Crippen LogP contribution < -0.4 is 0 Å². The molecule has 0 aliphatic carbocycles. The highest BCUT2D eigenvalue weighted by atomic mass is 32.2. The third-order valence-corrected chi connectivity index (χ3v) is 8.91. The van der Waals surface area contributed by atoms with Gasteiger partial charge in [-0.3, -0.25) is 0 Å². The maximum Gasteiger partial charge on any atom is 0.178 e. The van der Waals surface area contributed by atoms with Crippen molar-refractivity contribution in [2.24, 2.45) is 5.92 Å². The summed E-state index contributed by atoms with van der Waals surface area (Å²) in [4.78, 5) is 2.97. The van der Waals surface area contributed by atoms with E-state index in [0.29, 0.717) is 23.2 Å². The molecule has 0 bridgehead atoms. The summed E-state index contributed by atoms with van der Waals surface area (Å²) in [5.41, 5.74) is 1.04. The van der Waals surface area contributed by atoms with Gasteiger partial charge in [-0.25, -0.2) is 8.42 Å². The zero-order valence-electron chi connectivity index (χ0n) is 18.5. The molecular formula is C25H32O3S2. The average molecular weight is 445 g/mol. The van der Waals surface area contributed by atoms with Gasteiger partial charge in [-0.2, -0.15) is 0 Å². The van der Waals surface area contributed by atoms with Gasteiger partial charge in [0.05, 0.1) is 22.3 Å². The molecule has 0 unspecified atom stereocenters. The van der Waals surface area contributed by atoms with Crippen molar-refractivity contribution in [1.82, 2.24) is 0 Å². The first-order valence-corrected chi connectivity index (χ1v) is 13.0. The largest absolute Gasteiger partial charge is 0.468 e. The minimum Gasteiger partial charge on any atom is -0.468 e. The van der Waals surface area contributed by atoms with E-state index < -0.39 is 9.84 Å². The van der Waals surface area contributed by atoms with Gasteiger partial charge < -0.3 is 4.42 Å². The molecule has 1 atom stereocenters. The van der Waals surface area contributed by atoms with E-state index >= 15 is 0 Å². The SMILES string of the molecule is CC(C)c1coc(C(C)(C)c2ccc(C[C@H](C)CCS(=O)(=O)c3ccccc3)s2)c1. The third kappa shape index (κ3) is 5.25. The lowest BCUT2D eigenvalue weighted by atomic mass is 9.87. The quantitative estimate of drug-likeness (QED) is 0.363. The number of hydrogen-bond acceptors (Lipinski definition) is 4. The van der Waals surface area contributed by atoms with Crippen molar-refractivity contribution >= 4 is 21.2 Å². The van der Waals surface area contributed by atoms with E-state index in [2.05, 4.69) is 52.8 Å². The van der Waals surface area contributed by atoms with Gasteiger partial charge in [0.1, 0.15) is 5.76 Å². The second kappa shape index (κ2) is 9.11. The predicted octanol–water partition coefficient (Wildman–Crippen LogP) is 6.83. The molecule has 3 nitrogen and oxygen atoms in total. The molecule has 0 spiro atoms. The summed E-state index contributed by atoms with van der Waals surface area (Å²) in [5.74, 6) is 1.92. The van der Waals surface area contributed by atoms with Gasteiger partial charge in [0.25, 0.3) is 0 Å². The van der Waals surface area contributed by atoms with E-state index in [1.807, 2.05) is 12.3 Å². The van der Waals surface area contributed by atoms with Gasteiger partial charge in [0.15, 0.2) is 9.84 Å². The number of rotatable bonds is 9. The minimum atomic E-state index is -3.22. The molecule has 1 aromatic carbocycles. The van der Waals surface area contributed by atoms with Crippen LogP contribution in [0.3, 0.4) is 0 Å². The van der Waals surface area contributed by atoms with Gasteiger partial charge in [0.2, 0.25) is 0 Å². The Bertz CT molecular complexity index is 1060. The van der Waals surface area contributed by atoms with Crippen LogP contribution in [0.1, 0.15) is 68.0 Å². The lowest BCUT2D eigenvalue weighted by molar-refractivity contribution is 0.433. The molecule has 0 saturated heterocycles. The highest BCUT2D eigenvalue weighted by molar-refractivity contribution is 7.91. The normalized spacial score (nSPS) is 13.7. The zero-order chi connectivity index (χ0) is 21.9. The van der Waals surface area contributed by atoms with Crippen LogP contribution in [0.25, 0.3) is 0 Å². The number of furan rings is 1. The molecule has 0 amide bonds. The van der Waals surface area contributed by atoms with Gasteiger partial charge in [0, 0.05) is 9.75 Å². The molecule has 0 aliphatic rings. The molecule has 3 aromatic rings. The Morgan fingerprint density at radius 3 is 2.37 bits per heavy atom. The molecule has 0 N–H and O–H groups in total. The first-order chi connectivity index (χ1) is 14.1. The lowest BCUT2D eigenvalue weighted by Crippen LogP contribution is -2.16. The second-order valence-corrected chi connectivity index (χ2v) is 12.3. The molecule has 0 aliphatic heterocycles. The van der Waals surface area contributed by atoms with Crippen LogP contribution in [0.2, 0.25) is 0 Å². The van der Waals surface area contributed by atoms with Crippen molar-refractivity contribution in [3.63, 3.8) is 0 Å². The smallest absolute Gasteiger partial charge is 0.178 e. The summed E-state index contributed by atoms with van der Waals surface area (Å²) in [6.45, 7) is 10.9. The van der Waals surface area contributed by atoms with Crippen molar-refractivity contribution in [2.45, 2.75) is 63.7 Å². The Morgan fingerprint density at radius 2 is 1.73 bits per heavy atom. The van der Waals surface area contributed by atoms with Gasteiger partial charge >= 0.3 is 0 Å². The van der Waals surface area contributed by atoms with Crippen LogP contribution in [-0.2, 0) is 21.7 Å². The zero-order valence-corrected chi connectivity index (χ0v) is 20.1. The van der Waals surface area contributed by atoms with Crippen molar-refractivity contribution in [1.29, 1.82) is 0 Å². The standard InChI is InChI=1S/C25H32O3S2/c1-18(2)20-16-23(28-17-20)25(4,5)24-12-11-21(29-24)15-19(3)13-14-30(26,27)22-9-7-6-8-10-22/h6-12,16-19H,13-15H2,1-5H3/t19-/m1/s1. The maximum absolute atomic E-state index is 12.5. The van der Waals surface area contributed by atoms with Crippen molar-refractivity contribution in [3.05, 3.63) is 75.9 Å². The number of thiophene rings is 1. The van der Waals surface area contributed by atoms with Crippen LogP contribution in [0, 0.1) is 5.92 Å². The highest BCUT2D eigenvalue weighted by Crippen LogP contribution is 2.38. The fourth-order valence-corrected chi connectivity index (χ4v) is 6.27. The predicted molar refractivity (Wildman–Crippen MR) is 125 cm³/mol. The van der Waals surface area contributed by atoms with Crippen molar-refractivity contribution in [3.8, 4) is 0 Å². The van der Waals surface area contributed by atoms with Crippen LogP contribution >= 0.6 is 11.3 Å². The first kappa shape index (κ1) is 22.8. The van der Waals surface area contributed by atoms with Crippen LogP contribution in [0.5, 0.6) is 0 Å². The second-order valence-electron chi connectivity index (χ2n) is 9.02. The monoisotopic (exact) mass is 444 g/mol. The summed E-state index contributed by atoms with van der Waals surface area (Å²) in [7, 11) is -3.22. The van der Waals surface area contributed by atoms with Crippen molar-refractivity contribution in [2.75, 3.05) is 5.75 Å². The van der Waals surface area contributed by atoms with E-state index in [-0.39, 0.29) is 11.2 Å². The Labute approximate surface area is 185 Å². The van der Waals surface area contributed by atoms with E-state index in [1.54, 1.807) is 35.6 Å². The number of hydrogen-bond donors (Lipinski definition) is 0. The van der Waals surface area contributed by atoms with Crippen LogP contribution in [-0.4, -0.2) is 14.2 Å². The molecule has 2 aromatic heterocycles. The van der Waals surface area contributed by atoms with Gasteiger partial charge in [-0.05, 0) is 74.4 Å².